The Morgan fingerprint density at radius 2 is 2.24 bits per heavy atom. The van der Waals surface area contributed by atoms with Crippen LogP contribution in [0.25, 0.3) is 0 Å². The summed E-state index contributed by atoms with van der Waals surface area (Å²) >= 11 is 0. The molecule has 0 bridgehead atoms. The van der Waals surface area contributed by atoms with Gasteiger partial charge < -0.3 is 21.1 Å². The third-order valence-corrected chi connectivity index (χ3v) is 3.09. The summed E-state index contributed by atoms with van der Waals surface area (Å²) in [6.45, 7) is 6.08. The summed E-state index contributed by atoms with van der Waals surface area (Å²) in [6.07, 6.45) is 0.845. The zero-order chi connectivity index (χ0) is 12.8. The lowest BCUT2D eigenvalue weighted by Gasteiger charge is -2.38. The number of hydrogen-bond acceptors (Lipinski definition) is 3. The molecule has 1 rings (SSSR count). The first-order chi connectivity index (χ1) is 8.06. The monoisotopic (exact) mass is 242 g/mol. The van der Waals surface area contributed by atoms with E-state index < -0.39 is 0 Å². The quantitative estimate of drug-likeness (QED) is 0.515. The first kappa shape index (κ1) is 13.8. The fourth-order valence-corrected chi connectivity index (χ4v) is 2.28. The Labute approximate surface area is 102 Å². The molecule has 1 aliphatic heterocycles. The molecule has 6 nitrogen and oxygen atoms in total. The zero-order valence-corrected chi connectivity index (χ0v) is 10.6. The molecular weight excluding hydrogens is 220 g/mol. The number of nitrogens with two attached hydrogens (primary N) is 2. The van der Waals surface area contributed by atoms with Gasteiger partial charge in [-0.2, -0.15) is 0 Å². The minimum Gasteiger partial charge on any atom is -0.381 e. The smallest absolute Gasteiger partial charge is 0.219 e. The fourth-order valence-electron chi connectivity index (χ4n) is 2.28. The van der Waals surface area contributed by atoms with Crippen LogP contribution < -0.4 is 11.5 Å². The number of amides is 1. The van der Waals surface area contributed by atoms with Crippen molar-refractivity contribution in [1.82, 2.24) is 4.90 Å². The highest BCUT2D eigenvalue weighted by atomic mass is 16.5. The van der Waals surface area contributed by atoms with Gasteiger partial charge in [0.1, 0.15) is 0 Å². The molecule has 2 atom stereocenters. The maximum Gasteiger partial charge on any atom is 0.219 e. The number of carbonyl (C=O) groups is 1. The van der Waals surface area contributed by atoms with Crippen LogP contribution in [-0.4, -0.2) is 49.1 Å². The van der Waals surface area contributed by atoms with Gasteiger partial charge in [0.15, 0.2) is 5.96 Å². The van der Waals surface area contributed by atoms with Crippen molar-refractivity contribution in [2.24, 2.45) is 22.4 Å². The molecule has 0 aliphatic carbocycles. The number of nitrogens with zero attached hydrogens (tertiary/aromatic N) is 2. The second-order valence-electron chi connectivity index (χ2n) is 4.26. The minimum absolute atomic E-state index is 0.0835. The van der Waals surface area contributed by atoms with E-state index in [1.54, 1.807) is 6.92 Å². The molecule has 1 fully saturated rings. The van der Waals surface area contributed by atoms with Gasteiger partial charge in [-0.3, -0.25) is 9.79 Å². The zero-order valence-electron chi connectivity index (χ0n) is 10.6. The van der Waals surface area contributed by atoms with Crippen LogP contribution in [0.2, 0.25) is 0 Å². The summed E-state index contributed by atoms with van der Waals surface area (Å²) < 4.78 is 5.43. The Morgan fingerprint density at radius 3 is 2.76 bits per heavy atom. The van der Waals surface area contributed by atoms with Gasteiger partial charge in [0.25, 0.3) is 0 Å². The van der Waals surface area contributed by atoms with E-state index in [0.717, 1.165) is 6.42 Å². The van der Waals surface area contributed by atoms with Crippen LogP contribution >= 0.6 is 0 Å². The lowest BCUT2D eigenvalue weighted by molar-refractivity contribution is -0.134. The number of carbonyl (C=O) groups excluding carboxylic acids is 1. The molecule has 1 aliphatic rings. The van der Waals surface area contributed by atoms with E-state index in [1.807, 2.05) is 11.8 Å². The summed E-state index contributed by atoms with van der Waals surface area (Å²) in [5.74, 6) is 0.351. The summed E-state index contributed by atoms with van der Waals surface area (Å²) in [5.41, 5.74) is 10.7. The molecule has 1 amide bonds. The first-order valence-corrected chi connectivity index (χ1v) is 5.96. The molecule has 1 heterocycles. The van der Waals surface area contributed by atoms with E-state index in [1.165, 1.54) is 0 Å². The van der Waals surface area contributed by atoms with Gasteiger partial charge in [-0.1, -0.05) is 0 Å². The van der Waals surface area contributed by atoms with Gasteiger partial charge in [0.2, 0.25) is 5.91 Å². The molecule has 0 saturated carbocycles. The molecule has 98 valence electrons. The van der Waals surface area contributed by atoms with Crippen LogP contribution in [0.5, 0.6) is 0 Å². The molecule has 0 radical (unpaired) electrons. The predicted octanol–water partition coefficient (Wildman–Crippen LogP) is -0.467. The van der Waals surface area contributed by atoms with Crippen LogP contribution in [0.4, 0.5) is 0 Å². The van der Waals surface area contributed by atoms with E-state index in [4.69, 9.17) is 16.2 Å². The summed E-state index contributed by atoms with van der Waals surface area (Å²) in [6, 6.07) is 0.175. The maximum absolute atomic E-state index is 11.6. The summed E-state index contributed by atoms with van der Waals surface area (Å²) in [7, 11) is 0. The van der Waals surface area contributed by atoms with Gasteiger partial charge in [-0.25, -0.2) is 0 Å². The topological polar surface area (TPSA) is 93.9 Å². The Balaban J connectivity index is 2.70. The van der Waals surface area contributed by atoms with Crippen molar-refractivity contribution in [1.29, 1.82) is 0 Å². The standard InChI is InChI=1S/C11H22N4O2/c1-3-15(8(2)16)10-4-5-17-7-9(10)6-14-11(12)13/h9-10H,3-7H2,1-2H3,(H4,12,13,14). The molecule has 4 N–H and O–H groups in total. The van der Waals surface area contributed by atoms with Crippen LogP contribution in [0.1, 0.15) is 20.3 Å². The Bertz CT molecular complexity index is 289. The lowest BCUT2D eigenvalue weighted by atomic mass is 9.94. The molecule has 17 heavy (non-hydrogen) atoms. The second-order valence-corrected chi connectivity index (χ2v) is 4.26. The Kier molecular flexibility index (Phi) is 5.21. The Hall–Kier alpha value is -1.30. The number of guanidine groups is 1. The van der Waals surface area contributed by atoms with Crippen LogP contribution in [0.3, 0.4) is 0 Å². The molecule has 0 spiro atoms. The van der Waals surface area contributed by atoms with Crippen molar-refractivity contribution in [3.8, 4) is 0 Å². The molecule has 0 aromatic heterocycles. The number of rotatable bonds is 4. The van der Waals surface area contributed by atoms with Crippen molar-refractivity contribution in [2.45, 2.75) is 26.3 Å². The highest BCUT2D eigenvalue weighted by Gasteiger charge is 2.31. The van der Waals surface area contributed by atoms with E-state index >= 15 is 0 Å². The van der Waals surface area contributed by atoms with Gasteiger partial charge >= 0.3 is 0 Å². The summed E-state index contributed by atoms with van der Waals surface area (Å²) in [5, 5.41) is 0. The summed E-state index contributed by atoms with van der Waals surface area (Å²) in [4.78, 5) is 17.5. The van der Waals surface area contributed by atoms with Crippen molar-refractivity contribution in [3.05, 3.63) is 0 Å². The van der Waals surface area contributed by atoms with Crippen LogP contribution in [-0.2, 0) is 9.53 Å². The number of aliphatic imine (C=N–C) groups is 1. The van der Waals surface area contributed by atoms with E-state index in [9.17, 15) is 4.79 Å². The first-order valence-electron chi connectivity index (χ1n) is 5.96. The molecule has 2 unspecified atom stereocenters. The molecule has 0 aromatic rings. The lowest BCUT2D eigenvalue weighted by Crippen LogP contribution is -2.49. The molecule has 0 aromatic carbocycles. The van der Waals surface area contributed by atoms with Crippen molar-refractivity contribution in [2.75, 3.05) is 26.3 Å². The van der Waals surface area contributed by atoms with E-state index in [2.05, 4.69) is 4.99 Å². The highest BCUT2D eigenvalue weighted by molar-refractivity contribution is 5.75. The maximum atomic E-state index is 11.6. The molecule has 6 heteroatoms. The van der Waals surface area contributed by atoms with Gasteiger partial charge in [-0.05, 0) is 13.3 Å². The van der Waals surface area contributed by atoms with Gasteiger partial charge in [0, 0.05) is 38.6 Å². The van der Waals surface area contributed by atoms with Gasteiger partial charge in [0.05, 0.1) is 6.61 Å². The molecule has 1 saturated heterocycles. The van der Waals surface area contributed by atoms with Crippen molar-refractivity contribution >= 4 is 11.9 Å². The van der Waals surface area contributed by atoms with E-state index in [-0.39, 0.29) is 23.8 Å². The average molecular weight is 242 g/mol. The Morgan fingerprint density at radius 1 is 1.53 bits per heavy atom. The third-order valence-electron chi connectivity index (χ3n) is 3.09. The SMILES string of the molecule is CCN(C(C)=O)C1CCOCC1CN=C(N)N. The van der Waals surface area contributed by atoms with Gasteiger partial charge in [-0.15, -0.1) is 0 Å². The van der Waals surface area contributed by atoms with Crippen molar-refractivity contribution < 1.29 is 9.53 Å². The second kappa shape index (κ2) is 6.44. The average Bonchev–Trinajstić information content (AvgIpc) is 2.28. The third kappa shape index (κ3) is 3.89. The largest absolute Gasteiger partial charge is 0.381 e. The number of ether oxygens (including phenoxy) is 1. The van der Waals surface area contributed by atoms with E-state index in [0.29, 0.717) is 26.3 Å². The highest BCUT2D eigenvalue weighted by Crippen LogP contribution is 2.21. The minimum atomic E-state index is 0.0835. The fraction of sp³-hybridized carbons (Fsp3) is 0.818. The number of hydrogen-bond donors (Lipinski definition) is 2. The molecular formula is C11H22N4O2. The predicted molar refractivity (Wildman–Crippen MR) is 66.5 cm³/mol. The van der Waals surface area contributed by atoms with Crippen molar-refractivity contribution in [3.63, 3.8) is 0 Å². The van der Waals surface area contributed by atoms with Crippen LogP contribution in [0, 0.1) is 5.92 Å². The normalized spacial score (nSPS) is 24.1. The van der Waals surface area contributed by atoms with Crippen LogP contribution in [0.15, 0.2) is 4.99 Å².